The number of H-pyrrole nitrogens is 1. The van der Waals surface area contributed by atoms with Crippen LogP contribution >= 0.6 is 0 Å². The summed E-state index contributed by atoms with van der Waals surface area (Å²) in [5.74, 6) is 0.956. The number of hydrogen-bond donors (Lipinski definition) is 1. The van der Waals surface area contributed by atoms with Gasteiger partial charge >= 0.3 is 0 Å². The Morgan fingerprint density at radius 2 is 1.76 bits per heavy atom. The zero-order chi connectivity index (χ0) is 23.3. The molecule has 33 heavy (non-hydrogen) atoms. The van der Waals surface area contributed by atoms with E-state index in [1.165, 1.54) is 44.8 Å². The van der Waals surface area contributed by atoms with E-state index in [9.17, 15) is 0 Å². The maximum Gasteiger partial charge on any atom is 0.0718 e. The first-order chi connectivity index (χ1) is 15.8. The summed E-state index contributed by atoms with van der Waals surface area (Å²) in [4.78, 5) is 7.78. The number of fused-ring (bicyclic) bond motifs is 2. The maximum absolute atomic E-state index is 5.25. The second kappa shape index (κ2) is 8.33. The Balaban J connectivity index is 1.56. The van der Waals surface area contributed by atoms with Crippen molar-refractivity contribution in [2.24, 2.45) is 0 Å². The number of nitrogens with one attached hydrogen (secondary N) is 1. The quantitative estimate of drug-likeness (QED) is 0.371. The topological polar surface area (TPSA) is 44.8 Å². The van der Waals surface area contributed by atoms with Crippen molar-refractivity contribution in [3.05, 3.63) is 76.1 Å². The molecular weight excluding hydrogens is 404 g/mol. The molecule has 170 valence electrons. The second-order valence-corrected chi connectivity index (χ2v) is 10.1. The van der Waals surface area contributed by atoms with Crippen molar-refractivity contribution in [1.29, 1.82) is 0 Å². The van der Waals surface area contributed by atoms with Gasteiger partial charge in [0.25, 0.3) is 0 Å². The lowest BCUT2D eigenvalue weighted by Crippen LogP contribution is -2.32. The zero-order valence-electron chi connectivity index (χ0n) is 20.7. The molecule has 0 fully saturated rings. The van der Waals surface area contributed by atoms with E-state index < -0.39 is 0 Å². The smallest absolute Gasteiger partial charge is 0.0718 e. The maximum atomic E-state index is 5.25. The third-order valence-corrected chi connectivity index (χ3v) is 7.18. The van der Waals surface area contributed by atoms with E-state index >= 15 is 0 Å². The highest BCUT2D eigenvalue weighted by atomic mass is 15.1. The summed E-state index contributed by atoms with van der Waals surface area (Å²) in [6, 6.07) is 13.6. The monoisotopic (exact) mass is 438 g/mol. The summed E-state index contributed by atoms with van der Waals surface area (Å²) < 4.78 is 0. The normalized spacial score (nSPS) is 13.9. The van der Waals surface area contributed by atoms with Crippen LogP contribution in [0, 0.1) is 13.8 Å². The molecule has 0 spiro atoms. The lowest BCUT2D eigenvalue weighted by atomic mass is 9.90. The number of benzene rings is 2. The third-order valence-electron chi connectivity index (χ3n) is 7.18. The first-order valence-electron chi connectivity index (χ1n) is 12.1. The van der Waals surface area contributed by atoms with Crippen molar-refractivity contribution in [2.75, 3.05) is 11.4 Å². The molecule has 4 nitrogen and oxygen atoms in total. The van der Waals surface area contributed by atoms with Crippen molar-refractivity contribution < 1.29 is 0 Å². The van der Waals surface area contributed by atoms with Gasteiger partial charge in [0.05, 0.1) is 17.4 Å². The zero-order valence-corrected chi connectivity index (χ0v) is 20.7. The molecule has 4 aromatic rings. The van der Waals surface area contributed by atoms with E-state index in [1.807, 2.05) is 6.20 Å². The van der Waals surface area contributed by atoms with Crippen LogP contribution in [0.15, 0.2) is 42.6 Å². The van der Waals surface area contributed by atoms with Crippen LogP contribution in [0.1, 0.15) is 73.0 Å². The Labute approximate surface area is 197 Å². The summed E-state index contributed by atoms with van der Waals surface area (Å²) in [6.45, 7) is 15.4. The fourth-order valence-electron chi connectivity index (χ4n) is 5.16. The number of aromatic amines is 1. The minimum atomic E-state index is 0.420. The number of aromatic nitrogens is 3. The van der Waals surface area contributed by atoms with Crippen molar-refractivity contribution >= 4 is 16.6 Å². The van der Waals surface area contributed by atoms with E-state index in [2.05, 4.69) is 93.0 Å². The van der Waals surface area contributed by atoms with Crippen molar-refractivity contribution in [3.63, 3.8) is 0 Å². The Kier molecular flexibility index (Phi) is 5.48. The van der Waals surface area contributed by atoms with Crippen LogP contribution in [0.2, 0.25) is 0 Å². The van der Waals surface area contributed by atoms with Crippen LogP contribution in [0.4, 0.5) is 5.69 Å². The van der Waals surface area contributed by atoms with E-state index in [0.29, 0.717) is 11.8 Å². The predicted octanol–water partition coefficient (Wildman–Crippen LogP) is 7.05. The van der Waals surface area contributed by atoms with Crippen molar-refractivity contribution in [1.82, 2.24) is 15.2 Å². The average Bonchev–Trinajstić information content (AvgIpc) is 3.27. The van der Waals surface area contributed by atoms with Gasteiger partial charge in [-0.1, -0.05) is 45.9 Å². The average molecular weight is 439 g/mol. The van der Waals surface area contributed by atoms with Gasteiger partial charge in [-0.3, -0.25) is 10.1 Å². The molecule has 0 radical (unpaired) electrons. The van der Waals surface area contributed by atoms with Crippen LogP contribution in [0.25, 0.3) is 22.2 Å². The summed E-state index contributed by atoms with van der Waals surface area (Å²) in [6.07, 6.45) is 2.91. The SMILES string of the molecule is Cc1ccc(C(C)C)cc1N1CCc2nc(-c3c(C(C)C)ccc4[nH]ncc34)cc(C)c2C1. The van der Waals surface area contributed by atoms with E-state index in [-0.39, 0.29) is 0 Å². The lowest BCUT2D eigenvalue weighted by molar-refractivity contribution is 0.705. The molecule has 2 aromatic heterocycles. The number of nitrogens with zero attached hydrogens (tertiary/aromatic N) is 3. The molecule has 0 saturated heterocycles. The first kappa shape index (κ1) is 21.7. The molecule has 0 unspecified atom stereocenters. The molecule has 0 atom stereocenters. The van der Waals surface area contributed by atoms with Crippen LogP contribution in [-0.4, -0.2) is 21.7 Å². The highest BCUT2D eigenvalue weighted by Gasteiger charge is 2.24. The molecule has 1 aliphatic heterocycles. The van der Waals surface area contributed by atoms with Gasteiger partial charge in [-0.2, -0.15) is 5.10 Å². The summed E-state index contributed by atoms with van der Waals surface area (Å²) >= 11 is 0. The van der Waals surface area contributed by atoms with Gasteiger partial charge < -0.3 is 4.90 Å². The summed E-state index contributed by atoms with van der Waals surface area (Å²) in [5.41, 5.74) is 12.8. The lowest BCUT2D eigenvalue weighted by Gasteiger charge is -2.33. The number of aryl methyl sites for hydroxylation is 2. The van der Waals surface area contributed by atoms with Crippen LogP contribution in [-0.2, 0) is 13.0 Å². The Morgan fingerprint density at radius 3 is 2.52 bits per heavy atom. The predicted molar refractivity (Wildman–Crippen MR) is 138 cm³/mol. The summed E-state index contributed by atoms with van der Waals surface area (Å²) in [5, 5.41) is 8.60. The molecule has 5 rings (SSSR count). The van der Waals surface area contributed by atoms with Gasteiger partial charge in [-0.15, -0.1) is 0 Å². The standard InChI is InChI=1S/C29H34N4/c1-17(2)21-8-7-19(5)28(14-21)33-12-11-25-24(16-33)20(6)13-27(31-25)29-22(18(3)4)9-10-26-23(29)15-30-32-26/h7-10,13-15,17-18H,11-12,16H2,1-6H3,(H,30,32). The van der Waals surface area contributed by atoms with E-state index in [0.717, 1.165) is 36.1 Å². The Morgan fingerprint density at radius 1 is 0.939 bits per heavy atom. The molecule has 2 aromatic carbocycles. The molecule has 4 heteroatoms. The highest BCUT2D eigenvalue weighted by molar-refractivity contribution is 5.95. The molecule has 0 amide bonds. The van der Waals surface area contributed by atoms with Gasteiger partial charge in [0.1, 0.15) is 0 Å². The molecule has 1 N–H and O–H groups in total. The Bertz CT molecular complexity index is 1330. The first-order valence-corrected chi connectivity index (χ1v) is 12.1. The summed E-state index contributed by atoms with van der Waals surface area (Å²) in [7, 11) is 0. The molecule has 0 bridgehead atoms. The van der Waals surface area contributed by atoms with Gasteiger partial charge in [0.15, 0.2) is 0 Å². The van der Waals surface area contributed by atoms with Gasteiger partial charge in [0, 0.05) is 41.8 Å². The molecule has 1 aliphatic rings. The van der Waals surface area contributed by atoms with E-state index in [1.54, 1.807) is 0 Å². The number of rotatable bonds is 4. The van der Waals surface area contributed by atoms with Gasteiger partial charge in [-0.25, -0.2) is 0 Å². The number of anilines is 1. The minimum absolute atomic E-state index is 0.420. The Hall–Kier alpha value is -3.14. The fourth-order valence-corrected chi connectivity index (χ4v) is 5.16. The fraction of sp³-hybridized carbons (Fsp3) is 0.379. The van der Waals surface area contributed by atoms with Crippen molar-refractivity contribution in [2.45, 2.75) is 66.3 Å². The molecular formula is C29H34N4. The van der Waals surface area contributed by atoms with Crippen molar-refractivity contribution in [3.8, 4) is 11.3 Å². The highest BCUT2D eigenvalue weighted by Crippen LogP contribution is 2.37. The van der Waals surface area contributed by atoms with Gasteiger partial charge in [0.2, 0.25) is 0 Å². The van der Waals surface area contributed by atoms with Crippen LogP contribution in [0.3, 0.4) is 0 Å². The number of pyridine rings is 1. The van der Waals surface area contributed by atoms with Gasteiger partial charge in [-0.05, 0) is 71.7 Å². The molecule has 3 heterocycles. The second-order valence-electron chi connectivity index (χ2n) is 10.1. The van der Waals surface area contributed by atoms with Crippen LogP contribution in [0.5, 0.6) is 0 Å². The van der Waals surface area contributed by atoms with Crippen LogP contribution < -0.4 is 4.90 Å². The number of hydrogen-bond acceptors (Lipinski definition) is 3. The molecule has 0 saturated carbocycles. The largest absolute Gasteiger partial charge is 0.367 e. The minimum Gasteiger partial charge on any atom is -0.367 e. The molecule has 0 aliphatic carbocycles. The third kappa shape index (κ3) is 3.82. The van der Waals surface area contributed by atoms with E-state index in [4.69, 9.17) is 4.98 Å².